The maximum atomic E-state index is 13.4. The minimum Gasteiger partial charge on any atom is -0.399 e. The van der Waals surface area contributed by atoms with Crippen LogP contribution in [-0.4, -0.2) is 41.3 Å². The van der Waals surface area contributed by atoms with Crippen molar-refractivity contribution in [1.29, 1.82) is 0 Å². The molecule has 8 rings (SSSR count). The first kappa shape index (κ1) is 20.6. The molecule has 0 spiro atoms. The molecular weight excluding hydrogens is 454 g/mol. The zero-order chi connectivity index (χ0) is 24.5. The lowest BCUT2D eigenvalue weighted by Crippen LogP contribution is -2.59. The van der Waals surface area contributed by atoms with Gasteiger partial charge in [0, 0.05) is 53.3 Å². The molecule has 0 saturated carbocycles. The number of carbonyl (C=O) groups excluding carboxylic acids is 1. The van der Waals surface area contributed by atoms with Gasteiger partial charge < -0.3 is 35.0 Å². The van der Waals surface area contributed by atoms with Crippen molar-refractivity contribution in [2.45, 2.75) is 44.0 Å². The van der Waals surface area contributed by atoms with Gasteiger partial charge in [-0.3, -0.25) is 4.79 Å². The van der Waals surface area contributed by atoms with Crippen LogP contribution in [0.15, 0.2) is 42.5 Å². The first-order valence-electron chi connectivity index (χ1n) is 12.5. The summed E-state index contributed by atoms with van der Waals surface area (Å²) in [4.78, 5) is 13.4. The number of para-hydroxylation sites is 1. The minimum atomic E-state index is -0.796. The number of nitrogens with zero attached hydrogens (tertiary/aromatic N) is 2. The molecule has 5 aromatic rings. The lowest BCUT2D eigenvalue weighted by atomic mass is 9.93. The smallest absolute Gasteiger partial charge is 0.252 e. The average molecular weight is 482 g/mol. The largest absolute Gasteiger partial charge is 0.399 e. The number of benzene rings is 3. The van der Waals surface area contributed by atoms with Crippen LogP contribution in [0, 0.1) is 0 Å². The fourth-order valence-corrected chi connectivity index (χ4v) is 7.40. The number of rotatable bonds is 2. The van der Waals surface area contributed by atoms with Crippen LogP contribution in [0.4, 0.5) is 5.69 Å². The number of methoxy groups -OCH3 is 1. The number of hydrogen-bond donors (Lipinski definition) is 3. The Morgan fingerprint density at radius 2 is 1.94 bits per heavy atom. The van der Waals surface area contributed by atoms with E-state index in [0.717, 1.165) is 54.7 Å². The summed E-state index contributed by atoms with van der Waals surface area (Å²) in [7, 11) is 3.74. The zero-order valence-corrected chi connectivity index (χ0v) is 20.4. The third kappa shape index (κ3) is 2.16. The summed E-state index contributed by atoms with van der Waals surface area (Å²) in [5, 5.41) is 10.8. The van der Waals surface area contributed by atoms with Crippen LogP contribution >= 0.6 is 0 Å². The first-order chi connectivity index (χ1) is 17.5. The normalized spacial score (nSPS) is 26.9. The third-order valence-electron chi connectivity index (χ3n) is 8.71. The van der Waals surface area contributed by atoms with E-state index in [9.17, 15) is 4.79 Å². The fourth-order valence-electron chi connectivity index (χ4n) is 7.40. The van der Waals surface area contributed by atoms with Crippen LogP contribution in [-0.2, 0) is 21.7 Å². The Morgan fingerprint density at radius 3 is 2.75 bits per heavy atom. The summed E-state index contributed by atoms with van der Waals surface area (Å²) in [6, 6.07) is 14.4. The van der Waals surface area contributed by atoms with Crippen LogP contribution in [0.3, 0.4) is 0 Å². The van der Waals surface area contributed by atoms with Crippen molar-refractivity contribution in [3.05, 3.63) is 53.6 Å². The highest BCUT2D eigenvalue weighted by Gasteiger charge is 2.53. The lowest BCUT2D eigenvalue weighted by Gasteiger charge is -2.48. The van der Waals surface area contributed by atoms with Gasteiger partial charge in [-0.05, 0) is 37.7 Å². The van der Waals surface area contributed by atoms with Gasteiger partial charge in [0.1, 0.15) is 12.3 Å². The number of hydrogen-bond acceptors (Lipinski definition) is 5. The second kappa shape index (κ2) is 6.59. The highest BCUT2D eigenvalue weighted by atomic mass is 16.6. The van der Waals surface area contributed by atoms with Gasteiger partial charge in [0.2, 0.25) is 0 Å². The molecule has 182 valence electrons. The molecule has 3 aliphatic rings. The summed E-state index contributed by atoms with van der Waals surface area (Å²) in [5.74, 6) is -0.0261. The van der Waals surface area contributed by atoms with Crippen molar-refractivity contribution in [3.8, 4) is 0 Å². The van der Waals surface area contributed by atoms with Gasteiger partial charge in [0.15, 0.2) is 5.72 Å². The molecule has 8 heteroatoms. The fraction of sp³-hybridized carbons (Fsp3) is 0.321. The molecule has 0 aliphatic carbocycles. The summed E-state index contributed by atoms with van der Waals surface area (Å²) in [6.07, 6.45) is 0.206. The van der Waals surface area contributed by atoms with Crippen molar-refractivity contribution in [2.75, 3.05) is 19.9 Å². The van der Waals surface area contributed by atoms with Crippen molar-refractivity contribution >= 4 is 55.2 Å². The number of fused-ring (bicyclic) bond motifs is 13. The van der Waals surface area contributed by atoms with Crippen LogP contribution in [0.1, 0.15) is 35.5 Å². The average Bonchev–Trinajstić information content (AvgIpc) is 3.50. The predicted molar refractivity (Wildman–Crippen MR) is 140 cm³/mol. The van der Waals surface area contributed by atoms with E-state index in [-0.39, 0.29) is 24.3 Å². The van der Waals surface area contributed by atoms with Gasteiger partial charge in [-0.25, -0.2) is 0 Å². The molecule has 1 fully saturated rings. The van der Waals surface area contributed by atoms with E-state index < -0.39 is 5.72 Å². The zero-order valence-electron chi connectivity index (χ0n) is 20.4. The SMILES string of the molecule is CN[C@H]1C[C@H]2O[C@](C)([C@H]1OC)n1c3ccccc3c3c4c(c5c6ccc(N)cc6n2c5c31)C(=O)NC4. The van der Waals surface area contributed by atoms with E-state index in [0.29, 0.717) is 18.7 Å². The van der Waals surface area contributed by atoms with Crippen molar-refractivity contribution in [3.63, 3.8) is 0 Å². The van der Waals surface area contributed by atoms with Gasteiger partial charge in [-0.1, -0.05) is 24.3 Å². The summed E-state index contributed by atoms with van der Waals surface area (Å²) in [5.41, 5.74) is 12.2. The molecule has 1 saturated heterocycles. The number of ether oxygens (including phenoxy) is 2. The van der Waals surface area contributed by atoms with E-state index in [1.54, 1.807) is 7.11 Å². The van der Waals surface area contributed by atoms with Crippen LogP contribution < -0.4 is 16.4 Å². The van der Waals surface area contributed by atoms with Gasteiger partial charge in [-0.15, -0.1) is 0 Å². The highest BCUT2D eigenvalue weighted by molar-refractivity contribution is 6.31. The molecule has 3 aliphatic heterocycles. The van der Waals surface area contributed by atoms with Crippen LogP contribution in [0.5, 0.6) is 0 Å². The molecule has 2 bridgehead atoms. The maximum absolute atomic E-state index is 13.4. The molecule has 1 amide bonds. The summed E-state index contributed by atoms with van der Waals surface area (Å²) >= 11 is 0. The first-order valence-corrected chi connectivity index (χ1v) is 12.5. The van der Waals surface area contributed by atoms with Gasteiger partial charge in [0.05, 0.1) is 27.6 Å². The number of nitrogen functional groups attached to an aromatic ring is 1. The van der Waals surface area contributed by atoms with Crippen molar-refractivity contribution in [2.24, 2.45) is 0 Å². The second-order valence-electron chi connectivity index (χ2n) is 10.4. The number of amides is 1. The lowest BCUT2D eigenvalue weighted by molar-refractivity contribution is -0.256. The Hall–Kier alpha value is -3.59. The number of nitrogens with one attached hydrogen (secondary N) is 2. The van der Waals surface area contributed by atoms with Crippen LogP contribution in [0.25, 0.3) is 43.6 Å². The molecule has 36 heavy (non-hydrogen) atoms. The minimum absolute atomic E-state index is 0.0261. The number of carbonyl (C=O) groups is 1. The number of anilines is 1. The second-order valence-corrected chi connectivity index (χ2v) is 10.4. The molecule has 4 atom stereocenters. The molecule has 8 nitrogen and oxygen atoms in total. The number of aromatic nitrogens is 2. The van der Waals surface area contributed by atoms with E-state index in [4.69, 9.17) is 15.2 Å². The molecule has 4 N–H and O–H groups in total. The Labute approximate surface area is 206 Å². The van der Waals surface area contributed by atoms with Gasteiger partial charge >= 0.3 is 0 Å². The molecule has 3 aromatic carbocycles. The van der Waals surface area contributed by atoms with E-state index in [1.807, 2.05) is 25.2 Å². The number of nitrogens with two attached hydrogens (primary N) is 1. The van der Waals surface area contributed by atoms with Crippen molar-refractivity contribution < 1.29 is 14.3 Å². The Bertz CT molecular complexity index is 1800. The molecular formula is C28H27N5O3. The summed E-state index contributed by atoms with van der Waals surface area (Å²) in [6.45, 7) is 2.64. The topological polar surface area (TPSA) is 95.5 Å². The molecule has 0 unspecified atom stereocenters. The van der Waals surface area contributed by atoms with Crippen molar-refractivity contribution in [1.82, 2.24) is 19.8 Å². The Morgan fingerprint density at radius 1 is 1.14 bits per heavy atom. The van der Waals surface area contributed by atoms with Crippen LogP contribution in [0.2, 0.25) is 0 Å². The molecule has 0 radical (unpaired) electrons. The summed E-state index contributed by atoms with van der Waals surface area (Å²) < 4.78 is 17.9. The third-order valence-corrected chi connectivity index (χ3v) is 8.71. The monoisotopic (exact) mass is 481 g/mol. The predicted octanol–water partition coefficient (Wildman–Crippen LogP) is 3.94. The quantitative estimate of drug-likeness (QED) is 0.332. The standard InChI is InChI=1S/C28H27N5O3/c1-28-26(35-3)17(30-2)11-20(36-28)32-19-10-13(29)8-9-15(19)22-23-16(12-31-27(23)34)21-14-6-4-5-7-18(14)33(28)25(21)24(22)32/h4-10,17,20,26,30H,11-12,29H2,1-3H3,(H,31,34)/t17-,20+,26-,28+/m0/s1. The maximum Gasteiger partial charge on any atom is 0.252 e. The Balaban J connectivity index is 1.72. The van der Waals surface area contributed by atoms with Gasteiger partial charge in [0.25, 0.3) is 5.91 Å². The highest BCUT2D eigenvalue weighted by Crippen LogP contribution is 2.53. The molecule has 5 heterocycles. The van der Waals surface area contributed by atoms with E-state index in [1.165, 1.54) is 0 Å². The van der Waals surface area contributed by atoms with E-state index in [2.05, 4.69) is 51.0 Å². The molecule has 2 aromatic heterocycles. The van der Waals surface area contributed by atoms with E-state index >= 15 is 0 Å². The van der Waals surface area contributed by atoms with Gasteiger partial charge in [-0.2, -0.15) is 0 Å². The Kier molecular flexibility index (Phi) is 3.77. The number of likely N-dealkylation sites (N-methyl/N-ethyl adjacent to an activating group) is 1.